The highest BCUT2D eigenvalue weighted by Gasteiger charge is 2.33. The van der Waals surface area contributed by atoms with E-state index in [0.717, 1.165) is 18.4 Å². The van der Waals surface area contributed by atoms with Gasteiger partial charge in [-0.05, 0) is 44.0 Å². The normalized spacial score (nSPS) is 13.7. The molecule has 0 fully saturated rings. The van der Waals surface area contributed by atoms with E-state index < -0.39 is 11.5 Å². The van der Waals surface area contributed by atoms with Crippen LogP contribution in [0.2, 0.25) is 0 Å². The number of carboxylic acid groups (broad SMARTS) is 1. The fourth-order valence-corrected chi connectivity index (χ4v) is 1.79. The van der Waals surface area contributed by atoms with Gasteiger partial charge >= 0.3 is 5.97 Å². The number of benzene rings is 1. The van der Waals surface area contributed by atoms with Gasteiger partial charge in [-0.25, -0.2) is 0 Å². The number of methoxy groups -OCH3 is 1. The molecule has 0 bridgehead atoms. The molecule has 0 aliphatic carbocycles. The van der Waals surface area contributed by atoms with E-state index in [1.165, 1.54) is 0 Å². The highest BCUT2D eigenvalue weighted by Crippen LogP contribution is 2.15. The highest BCUT2D eigenvalue weighted by atomic mass is 16.5. The average Bonchev–Trinajstić information content (AvgIpc) is 2.49. The number of nitrogens with one attached hydrogen (secondary N) is 1. The molecular formula is C16H25NO4. The molecule has 0 aliphatic rings. The minimum Gasteiger partial charge on any atom is -0.491 e. The number of hydrogen-bond donors (Lipinski definition) is 2. The van der Waals surface area contributed by atoms with E-state index in [9.17, 15) is 9.90 Å². The first-order chi connectivity index (χ1) is 10.0. The number of ether oxygens (including phenoxy) is 2. The highest BCUT2D eigenvalue weighted by molar-refractivity contribution is 5.78. The summed E-state index contributed by atoms with van der Waals surface area (Å²) in [4.78, 5) is 11.4. The Morgan fingerprint density at radius 2 is 2.00 bits per heavy atom. The third kappa shape index (κ3) is 5.73. The van der Waals surface area contributed by atoms with Crippen LogP contribution in [0.5, 0.6) is 5.75 Å². The van der Waals surface area contributed by atoms with E-state index in [4.69, 9.17) is 9.47 Å². The molecule has 1 atom stereocenters. The minimum atomic E-state index is -1.08. The van der Waals surface area contributed by atoms with Gasteiger partial charge in [0.2, 0.25) is 0 Å². The van der Waals surface area contributed by atoms with Crippen LogP contribution in [0.1, 0.15) is 25.8 Å². The molecule has 0 spiro atoms. The first-order valence-electron chi connectivity index (χ1n) is 7.21. The van der Waals surface area contributed by atoms with Gasteiger partial charge in [-0.3, -0.25) is 10.1 Å². The fraction of sp³-hybridized carbons (Fsp3) is 0.562. The number of rotatable bonds is 10. The Morgan fingerprint density at radius 1 is 1.33 bits per heavy atom. The molecule has 5 heteroatoms. The molecule has 0 radical (unpaired) electrons. The summed E-state index contributed by atoms with van der Waals surface area (Å²) in [5.41, 5.74) is 0.0828. The molecule has 2 N–H and O–H groups in total. The van der Waals surface area contributed by atoms with Crippen molar-refractivity contribution in [2.75, 3.05) is 26.9 Å². The lowest BCUT2D eigenvalue weighted by atomic mass is 10.0. The summed E-state index contributed by atoms with van der Waals surface area (Å²) in [5.74, 6) is -0.241. The SMILES string of the molecule is CCCNC(C)(COc1ccc(CCOC)cc1)C(=O)O. The van der Waals surface area contributed by atoms with Crippen LogP contribution < -0.4 is 10.1 Å². The molecule has 5 nitrogen and oxygen atoms in total. The van der Waals surface area contributed by atoms with Gasteiger partial charge in [0, 0.05) is 7.11 Å². The van der Waals surface area contributed by atoms with Crippen molar-refractivity contribution in [3.8, 4) is 5.75 Å². The van der Waals surface area contributed by atoms with Crippen LogP contribution in [0.3, 0.4) is 0 Å². The van der Waals surface area contributed by atoms with Crippen LogP contribution >= 0.6 is 0 Å². The molecule has 118 valence electrons. The van der Waals surface area contributed by atoms with Crippen molar-refractivity contribution in [1.82, 2.24) is 5.32 Å². The number of carbonyl (C=O) groups is 1. The lowest BCUT2D eigenvalue weighted by Gasteiger charge is -2.26. The summed E-state index contributed by atoms with van der Waals surface area (Å²) in [6, 6.07) is 7.64. The van der Waals surface area contributed by atoms with E-state index in [0.29, 0.717) is 18.9 Å². The van der Waals surface area contributed by atoms with Gasteiger partial charge in [-0.2, -0.15) is 0 Å². The number of carboxylic acids is 1. The standard InChI is InChI=1S/C16H25NO4/c1-4-10-17-16(2,15(18)19)12-21-14-7-5-13(6-8-14)9-11-20-3/h5-8,17H,4,9-12H2,1-3H3,(H,18,19). The number of hydrogen-bond acceptors (Lipinski definition) is 4. The molecule has 0 amide bonds. The van der Waals surface area contributed by atoms with Crippen LogP contribution in [0, 0.1) is 0 Å². The second-order valence-corrected chi connectivity index (χ2v) is 5.24. The molecule has 1 unspecified atom stereocenters. The predicted molar refractivity (Wildman–Crippen MR) is 81.9 cm³/mol. The minimum absolute atomic E-state index is 0.0831. The van der Waals surface area contributed by atoms with Crippen LogP contribution in [-0.2, 0) is 16.0 Å². The Kier molecular flexibility index (Phi) is 7.19. The van der Waals surface area contributed by atoms with Crippen LogP contribution in [0.25, 0.3) is 0 Å². The molecule has 0 saturated heterocycles. The third-order valence-electron chi connectivity index (χ3n) is 3.28. The quantitative estimate of drug-likeness (QED) is 0.692. The Hall–Kier alpha value is -1.59. The molecule has 0 aliphatic heterocycles. The van der Waals surface area contributed by atoms with Gasteiger partial charge < -0.3 is 14.6 Å². The summed E-state index contributed by atoms with van der Waals surface area (Å²) < 4.78 is 10.6. The topological polar surface area (TPSA) is 67.8 Å². The van der Waals surface area contributed by atoms with E-state index >= 15 is 0 Å². The van der Waals surface area contributed by atoms with Gasteiger partial charge in [0.15, 0.2) is 0 Å². The zero-order valence-electron chi connectivity index (χ0n) is 13.0. The Morgan fingerprint density at radius 3 is 2.52 bits per heavy atom. The average molecular weight is 295 g/mol. The Balaban J connectivity index is 2.57. The zero-order valence-corrected chi connectivity index (χ0v) is 13.0. The molecule has 0 heterocycles. The van der Waals surface area contributed by atoms with Crippen LogP contribution in [-0.4, -0.2) is 43.5 Å². The third-order valence-corrected chi connectivity index (χ3v) is 3.28. The largest absolute Gasteiger partial charge is 0.491 e. The summed E-state index contributed by atoms with van der Waals surface area (Å²) in [7, 11) is 1.67. The lowest BCUT2D eigenvalue weighted by molar-refractivity contribution is -0.145. The monoisotopic (exact) mass is 295 g/mol. The van der Waals surface area contributed by atoms with Crippen molar-refractivity contribution in [3.63, 3.8) is 0 Å². The summed E-state index contributed by atoms with van der Waals surface area (Å²) in [6.07, 6.45) is 1.72. The van der Waals surface area contributed by atoms with E-state index in [-0.39, 0.29) is 6.61 Å². The molecule has 1 rings (SSSR count). The molecule has 0 aromatic heterocycles. The van der Waals surface area contributed by atoms with E-state index in [2.05, 4.69) is 5.32 Å². The summed E-state index contributed by atoms with van der Waals surface area (Å²) >= 11 is 0. The molecule has 0 saturated carbocycles. The van der Waals surface area contributed by atoms with E-state index in [1.54, 1.807) is 14.0 Å². The summed E-state index contributed by atoms with van der Waals surface area (Å²) in [5, 5.41) is 12.3. The van der Waals surface area contributed by atoms with Gasteiger partial charge in [0.05, 0.1) is 6.61 Å². The van der Waals surface area contributed by atoms with Crippen molar-refractivity contribution in [1.29, 1.82) is 0 Å². The maximum absolute atomic E-state index is 11.4. The molecule has 1 aromatic carbocycles. The van der Waals surface area contributed by atoms with Gasteiger partial charge in [-0.1, -0.05) is 19.1 Å². The van der Waals surface area contributed by atoms with Crippen molar-refractivity contribution in [2.45, 2.75) is 32.2 Å². The first kappa shape index (κ1) is 17.5. The molecular weight excluding hydrogens is 270 g/mol. The Bertz CT molecular complexity index is 432. The maximum atomic E-state index is 11.4. The zero-order chi connectivity index (χ0) is 15.7. The van der Waals surface area contributed by atoms with Crippen LogP contribution in [0.4, 0.5) is 0 Å². The van der Waals surface area contributed by atoms with Crippen LogP contribution in [0.15, 0.2) is 24.3 Å². The van der Waals surface area contributed by atoms with Gasteiger partial charge in [0.25, 0.3) is 0 Å². The van der Waals surface area contributed by atoms with Crippen molar-refractivity contribution < 1.29 is 19.4 Å². The smallest absolute Gasteiger partial charge is 0.327 e. The summed E-state index contributed by atoms with van der Waals surface area (Å²) in [6.45, 7) is 5.03. The second kappa shape index (κ2) is 8.64. The van der Waals surface area contributed by atoms with Gasteiger partial charge in [0.1, 0.15) is 17.9 Å². The maximum Gasteiger partial charge on any atom is 0.327 e. The van der Waals surface area contributed by atoms with Crippen molar-refractivity contribution in [3.05, 3.63) is 29.8 Å². The van der Waals surface area contributed by atoms with Crippen molar-refractivity contribution in [2.24, 2.45) is 0 Å². The predicted octanol–water partition coefficient (Wildman–Crippen LogP) is 2.10. The van der Waals surface area contributed by atoms with Gasteiger partial charge in [-0.15, -0.1) is 0 Å². The molecule has 1 aromatic rings. The number of aliphatic carboxylic acids is 1. The Labute approximate surface area is 126 Å². The van der Waals surface area contributed by atoms with Crippen molar-refractivity contribution >= 4 is 5.97 Å². The first-order valence-corrected chi connectivity index (χ1v) is 7.21. The molecule has 21 heavy (non-hydrogen) atoms. The van der Waals surface area contributed by atoms with E-state index in [1.807, 2.05) is 31.2 Å². The lowest BCUT2D eigenvalue weighted by Crippen LogP contribution is -2.54. The fourth-order valence-electron chi connectivity index (χ4n) is 1.79. The second-order valence-electron chi connectivity index (χ2n) is 5.24.